The number of benzene rings is 1. The molecule has 0 aliphatic rings. The number of nitriles is 1. The number of nitrogens with zero attached hydrogens (tertiary/aromatic N) is 2. The Bertz CT molecular complexity index is 425. The zero-order valence-corrected chi connectivity index (χ0v) is 7.91. The fourth-order valence-corrected chi connectivity index (χ4v) is 1.17. The molecule has 1 aromatic carbocycles. The van der Waals surface area contributed by atoms with Crippen LogP contribution in [0, 0.1) is 21.4 Å². The number of halogens is 1. The number of hydrogen-bond donors (Lipinski definition) is 0. The third kappa shape index (κ3) is 1.75. The minimum absolute atomic E-state index is 0.0765. The van der Waals surface area contributed by atoms with Gasteiger partial charge in [0.1, 0.15) is 16.8 Å². The van der Waals surface area contributed by atoms with Crippen molar-refractivity contribution in [1.29, 1.82) is 5.26 Å². The first-order chi connectivity index (χ1) is 6.60. The number of methoxy groups -OCH3 is 1. The van der Waals surface area contributed by atoms with E-state index in [4.69, 9.17) is 21.6 Å². The maximum Gasteiger partial charge on any atom is 0.291 e. The molecule has 0 spiro atoms. The Morgan fingerprint density at radius 3 is 2.71 bits per heavy atom. The minimum atomic E-state index is -0.633. The molecule has 0 atom stereocenters. The van der Waals surface area contributed by atoms with Gasteiger partial charge in [0.2, 0.25) is 0 Å². The largest absolute Gasteiger partial charge is 0.495 e. The molecule has 0 N–H and O–H groups in total. The van der Waals surface area contributed by atoms with Crippen molar-refractivity contribution in [3.63, 3.8) is 0 Å². The first kappa shape index (κ1) is 10.3. The normalized spacial score (nSPS) is 9.21. The number of nitro groups is 1. The van der Waals surface area contributed by atoms with Crippen LogP contribution in [0.4, 0.5) is 5.69 Å². The van der Waals surface area contributed by atoms with Gasteiger partial charge in [0.25, 0.3) is 5.69 Å². The highest BCUT2D eigenvalue weighted by Crippen LogP contribution is 2.31. The molecule has 0 radical (unpaired) electrons. The van der Waals surface area contributed by atoms with Crippen molar-refractivity contribution in [3.05, 3.63) is 32.8 Å². The molecule has 72 valence electrons. The molecule has 0 aliphatic heterocycles. The summed E-state index contributed by atoms with van der Waals surface area (Å²) in [7, 11) is 1.33. The van der Waals surface area contributed by atoms with Gasteiger partial charge < -0.3 is 4.74 Å². The van der Waals surface area contributed by atoms with E-state index in [1.165, 1.54) is 13.2 Å². The molecule has 0 fully saturated rings. The van der Waals surface area contributed by atoms with Gasteiger partial charge in [0.15, 0.2) is 0 Å². The predicted octanol–water partition coefficient (Wildman–Crippen LogP) is 2.13. The quantitative estimate of drug-likeness (QED) is 0.556. The summed E-state index contributed by atoms with van der Waals surface area (Å²) in [6.45, 7) is 0. The highest BCUT2D eigenvalue weighted by Gasteiger charge is 2.16. The molecule has 0 saturated carbocycles. The Labute approximate surface area is 84.6 Å². The molecule has 6 heteroatoms. The number of ether oxygens (including phenoxy) is 1. The van der Waals surface area contributed by atoms with E-state index in [0.717, 1.165) is 6.07 Å². The van der Waals surface area contributed by atoms with Gasteiger partial charge in [0, 0.05) is 0 Å². The van der Waals surface area contributed by atoms with Crippen LogP contribution in [0.1, 0.15) is 5.56 Å². The first-order valence-corrected chi connectivity index (χ1v) is 3.90. The van der Waals surface area contributed by atoms with Gasteiger partial charge in [-0.25, -0.2) is 0 Å². The SMILES string of the molecule is COc1cc([N+](=O)[O-])c(Cl)cc1C#N. The van der Waals surface area contributed by atoms with Crippen LogP contribution in [-0.2, 0) is 0 Å². The molecule has 0 aliphatic carbocycles. The van der Waals surface area contributed by atoms with Crippen molar-refractivity contribution in [2.75, 3.05) is 7.11 Å². The van der Waals surface area contributed by atoms with Crippen molar-refractivity contribution in [2.45, 2.75) is 0 Å². The second-order valence-corrected chi connectivity index (χ2v) is 2.78. The lowest BCUT2D eigenvalue weighted by Gasteiger charge is -2.02. The van der Waals surface area contributed by atoms with E-state index in [1.54, 1.807) is 0 Å². The Morgan fingerprint density at radius 1 is 1.64 bits per heavy atom. The Hall–Kier alpha value is -1.80. The van der Waals surface area contributed by atoms with E-state index >= 15 is 0 Å². The number of nitro benzene ring substituents is 1. The minimum Gasteiger partial charge on any atom is -0.495 e. The fourth-order valence-electron chi connectivity index (χ4n) is 0.939. The van der Waals surface area contributed by atoms with Crippen molar-refractivity contribution in [1.82, 2.24) is 0 Å². The van der Waals surface area contributed by atoms with Crippen LogP contribution in [-0.4, -0.2) is 12.0 Å². The van der Waals surface area contributed by atoms with Gasteiger partial charge in [0.05, 0.1) is 23.7 Å². The first-order valence-electron chi connectivity index (χ1n) is 3.52. The zero-order chi connectivity index (χ0) is 10.7. The second-order valence-electron chi connectivity index (χ2n) is 2.37. The molecule has 0 aromatic heterocycles. The van der Waals surface area contributed by atoms with Gasteiger partial charge in [-0.3, -0.25) is 10.1 Å². The standard InChI is InChI=1S/C8H5ClN2O3/c1-14-8-3-7(11(12)13)6(9)2-5(8)4-10/h2-3H,1H3. The average Bonchev–Trinajstić information content (AvgIpc) is 2.16. The van der Waals surface area contributed by atoms with Crippen LogP contribution in [0.25, 0.3) is 0 Å². The lowest BCUT2D eigenvalue weighted by molar-refractivity contribution is -0.384. The summed E-state index contributed by atoms with van der Waals surface area (Å²) < 4.78 is 4.80. The Morgan fingerprint density at radius 2 is 2.29 bits per heavy atom. The Balaban J connectivity index is 3.39. The van der Waals surface area contributed by atoms with Crippen LogP contribution in [0.3, 0.4) is 0 Å². The molecule has 1 rings (SSSR count). The van der Waals surface area contributed by atoms with Crippen molar-refractivity contribution >= 4 is 17.3 Å². The molecule has 0 amide bonds. The number of rotatable bonds is 2. The fraction of sp³-hybridized carbons (Fsp3) is 0.125. The Kier molecular flexibility index (Phi) is 2.89. The van der Waals surface area contributed by atoms with Gasteiger partial charge >= 0.3 is 0 Å². The monoisotopic (exact) mass is 212 g/mol. The molecular formula is C8H5ClN2O3. The molecular weight excluding hydrogens is 208 g/mol. The summed E-state index contributed by atoms with van der Waals surface area (Å²) in [4.78, 5) is 9.84. The molecule has 5 nitrogen and oxygen atoms in total. The van der Waals surface area contributed by atoms with Crippen LogP contribution in [0.2, 0.25) is 5.02 Å². The summed E-state index contributed by atoms with van der Waals surface area (Å²) in [5.41, 5.74) is -0.106. The van der Waals surface area contributed by atoms with Crippen molar-refractivity contribution in [2.24, 2.45) is 0 Å². The maximum atomic E-state index is 10.5. The third-order valence-corrected chi connectivity index (χ3v) is 1.89. The molecule has 0 unspecified atom stereocenters. The van der Waals surface area contributed by atoms with Gasteiger partial charge in [-0.05, 0) is 6.07 Å². The van der Waals surface area contributed by atoms with E-state index in [9.17, 15) is 10.1 Å². The van der Waals surface area contributed by atoms with Crippen LogP contribution < -0.4 is 4.74 Å². The summed E-state index contributed by atoms with van der Waals surface area (Å²) in [5, 5.41) is 19.0. The van der Waals surface area contributed by atoms with E-state index in [2.05, 4.69) is 0 Å². The zero-order valence-electron chi connectivity index (χ0n) is 7.15. The van der Waals surface area contributed by atoms with Crippen molar-refractivity contribution in [3.8, 4) is 11.8 Å². The highest BCUT2D eigenvalue weighted by atomic mass is 35.5. The van der Waals surface area contributed by atoms with E-state index in [0.29, 0.717) is 0 Å². The summed E-state index contributed by atoms with van der Waals surface area (Å²) in [6.07, 6.45) is 0. The summed E-state index contributed by atoms with van der Waals surface area (Å²) in [5.74, 6) is 0.142. The molecule has 0 saturated heterocycles. The molecule has 0 heterocycles. The second kappa shape index (κ2) is 3.94. The molecule has 0 bridgehead atoms. The van der Waals surface area contributed by atoms with Crippen LogP contribution in [0.15, 0.2) is 12.1 Å². The summed E-state index contributed by atoms with van der Waals surface area (Å²) >= 11 is 5.58. The van der Waals surface area contributed by atoms with Crippen molar-refractivity contribution < 1.29 is 9.66 Å². The lowest BCUT2D eigenvalue weighted by atomic mass is 10.2. The van der Waals surface area contributed by atoms with Crippen LogP contribution >= 0.6 is 11.6 Å². The van der Waals surface area contributed by atoms with Gasteiger partial charge in [-0.1, -0.05) is 11.6 Å². The highest BCUT2D eigenvalue weighted by molar-refractivity contribution is 6.32. The van der Waals surface area contributed by atoms with Crippen LogP contribution in [0.5, 0.6) is 5.75 Å². The van der Waals surface area contributed by atoms with Gasteiger partial charge in [-0.15, -0.1) is 0 Å². The predicted molar refractivity (Wildman–Crippen MR) is 49.4 cm³/mol. The third-order valence-electron chi connectivity index (χ3n) is 1.59. The topological polar surface area (TPSA) is 76.2 Å². The average molecular weight is 213 g/mol. The smallest absolute Gasteiger partial charge is 0.291 e. The van der Waals surface area contributed by atoms with E-state index in [-0.39, 0.29) is 22.0 Å². The lowest BCUT2D eigenvalue weighted by Crippen LogP contribution is -1.93. The maximum absolute atomic E-state index is 10.5. The van der Waals surface area contributed by atoms with E-state index < -0.39 is 4.92 Å². The number of hydrogen-bond acceptors (Lipinski definition) is 4. The van der Waals surface area contributed by atoms with Gasteiger partial charge in [-0.2, -0.15) is 5.26 Å². The van der Waals surface area contributed by atoms with E-state index in [1.807, 2.05) is 6.07 Å². The molecule has 14 heavy (non-hydrogen) atoms. The molecule has 1 aromatic rings. The summed E-state index contributed by atoms with van der Waals surface area (Å²) in [6, 6.07) is 4.15.